The lowest BCUT2D eigenvalue weighted by Crippen LogP contribution is -2.44. The first-order valence-electron chi connectivity index (χ1n) is 14.7. The number of nitrogens with zero attached hydrogens (tertiary/aromatic N) is 5. The highest BCUT2D eigenvalue weighted by molar-refractivity contribution is 6.09. The molecule has 0 bridgehead atoms. The zero-order chi connectivity index (χ0) is 32.6. The Hall–Kier alpha value is -5.04. The summed E-state index contributed by atoms with van der Waals surface area (Å²) in [6.45, 7) is 6.06. The molecule has 1 saturated heterocycles. The Morgan fingerprint density at radius 2 is 1.63 bits per heavy atom. The van der Waals surface area contributed by atoms with Gasteiger partial charge in [0.05, 0.1) is 22.4 Å². The van der Waals surface area contributed by atoms with Crippen LogP contribution in [0.4, 0.5) is 46.3 Å². The van der Waals surface area contributed by atoms with Crippen molar-refractivity contribution in [1.82, 2.24) is 14.9 Å². The van der Waals surface area contributed by atoms with E-state index in [0.717, 1.165) is 43.1 Å². The van der Waals surface area contributed by atoms with Crippen LogP contribution >= 0.6 is 0 Å². The molecule has 0 radical (unpaired) electrons. The second-order valence-corrected chi connectivity index (χ2v) is 11.4. The number of aryl methyl sites for hydroxylation is 1. The number of nitrogens with one attached hydrogen (secondary N) is 2. The molecule has 0 aliphatic carbocycles. The number of piperazine rings is 1. The fraction of sp³-hybridized carbons (Fsp3) is 0.273. The smallest absolute Gasteiger partial charge is 0.369 e. The van der Waals surface area contributed by atoms with Crippen LogP contribution in [0.25, 0.3) is 0 Å². The third kappa shape index (κ3) is 6.50. The molecule has 9 nitrogen and oxygen atoms in total. The number of hydrogen-bond acceptors (Lipinski definition) is 7. The molecule has 46 heavy (non-hydrogen) atoms. The zero-order valence-corrected chi connectivity index (χ0v) is 25.2. The highest BCUT2D eigenvalue weighted by Gasteiger charge is 2.32. The summed E-state index contributed by atoms with van der Waals surface area (Å²) in [6.07, 6.45) is -2.82. The van der Waals surface area contributed by atoms with Crippen LogP contribution < -0.4 is 20.4 Å². The maximum absolute atomic E-state index is 14.3. The predicted molar refractivity (Wildman–Crippen MR) is 167 cm³/mol. The van der Waals surface area contributed by atoms with Crippen LogP contribution in [-0.2, 0) is 12.6 Å². The molecule has 2 aliphatic rings. The molecular weight excluding hydrogens is 602 g/mol. The molecule has 6 rings (SSSR count). The van der Waals surface area contributed by atoms with Crippen molar-refractivity contribution < 1.29 is 27.2 Å². The fourth-order valence-corrected chi connectivity index (χ4v) is 5.54. The Bertz CT molecular complexity index is 1790. The first kappa shape index (κ1) is 31.0. The normalized spacial score (nSPS) is 15.5. The molecule has 2 amide bonds. The van der Waals surface area contributed by atoms with Crippen molar-refractivity contribution in [3.05, 3.63) is 101 Å². The van der Waals surface area contributed by atoms with Crippen molar-refractivity contribution in [1.29, 1.82) is 0 Å². The van der Waals surface area contributed by atoms with Crippen molar-refractivity contribution in [3.8, 4) is 0 Å². The van der Waals surface area contributed by atoms with E-state index in [0.29, 0.717) is 54.1 Å². The van der Waals surface area contributed by atoms with E-state index in [2.05, 4.69) is 49.6 Å². The lowest BCUT2D eigenvalue weighted by molar-refractivity contribution is -0.137. The SMILES string of the molecule is Cc1ccc(NC(=O)c2cc(C(F)(F)F)ccc2F)cc1N1CCc2nc(Nc3ccc(N4CCN(C)CC4)cc3)ncc2C1=O. The average molecular weight is 634 g/mol. The number of benzene rings is 3. The Morgan fingerprint density at radius 3 is 2.35 bits per heavy atom. The van der Waals surface area contributed by atoms with Gasteiger partial charge in [-0.25, -0.2) is 14.4 Å². The topological polar surface area (TPSA) is 93.7 Å². The van der Waals surface area contributed by atoms with Gasteiger partial charge in [0.1, 0.15) is 5.82 Å². The van der Waals surface area contributed by atoms with Crippen LogP contribution in [0.5, 0.6) is 0 Å². The summed E-state index contributed by atoms with van der Waals surface area (Å²) in [5.74, 6) is -2.09. The number of carbonyl (C=O) groups is 2. The molecule has 2 N–H and O–H groups in total. The molecule has 1 fully saturated rings. The van der Waals surface area contributed by atoms with Crippen LogP contribution in [0, 0.1) is 12.7 Å². The van der Waals surface area contributed by atoms with Crippen LogP contribution in [0.3, 0.4) is 0 Å². The van der Waals surface area contributed by atoms with Gasteiger partial charge in [-0.1, -0.05) is 6.07 Å². The predicted octanol–water partition coefficient (Wildman–Crippen LogP) is 5.89. The van der Waals surface area contributed by atoms with Crippen molar-refractivity contribution in [3.63, 3.8) is 0 Å². The first-order valence-corrected chi connectivity index (χ1v) is 14.7. The molecule has 3 aromatic carbocycles. The van der Waals surface area contributed by atoms with Gasteiger partial charge in [0.25, 0.3) is 11.8 Å². The summed E-state index contributed by atoms with van der Waals surface area (Å²) >= 11 is 0. The lowest BCUT2D eigenvalue weighted by Gasteiger charge is -2.34. The first-order chi connectivity index (χ1) is 22.0. The number of hydrogen-bond donors (Lipinski definition) is 2. The third-order valence-corrected chi connectivity index (χ3v) is 8.20. The minimum Gasteiger partial charge on any atom is -0.369 e. The zero-order valence-electron chi connectivity index (χ0n) is 25.2. The molecule has 0 atom stereocenters. The van der Waals surface area contributed by atoms with E-state index in [1.54, 1.807) is 13.0 Å². The van der Waals surface area contributed by atoms with Crippen molar-refractivity contribution >= 4 is 40.5 Å². The second kappa shape index (κ2) is 12.4. The minimum absolute atomic E-state index is 0.190. The third-order valence-electron chi connectivity index (χ3n) is 8.20. The van der Waals surface area contributed by atoms with E-state index < -0.39 is 29.0 Å². The molecule has 4 aromatic rings. The number of fused-ring (bicyclic) bond motifs is 1. The van der Waals surface area contributed by atoms with Crippen LogP contribution in [-0.4, -0.2) is 66.5 Å². The Labute approximate surface area is 262 Å². The number of alkyl halides is 3. The molecule has 0 spiro atoms. The van der Waals surface area contributed by atoms with E-state index >= 15 is 0 Å². The van der Waals surface area contributed by atoms with E-state index in [-0.39, 0.29) is 11.6 Å². The molecule has 13 heteroatoms. The van der Waals surface area contributed by atoms with Gasteiger partial charge in [-0.3, -0.25) is 9.59 Å². The molecule has 1 aromatic heterocycles. The maximum Gasteiger partial charge on any atom is 0.416 e. The van der Waals surface area contributed by atoms with E-state index in [1.807, 2.05) is 12.1 Å². The second-order valence-electron chi connectivity index (χ2n) is 11.4. The van der Waals surface area contributed by atoms with Gasteiger partial charge >= 0.3 is 6.18 Å². The molecule has 0 unspecified atom stereocenters. The van der Waals surface area contributed by atoms with Gasteiger partial charge in [0.2, 0.25) is 5.95 Å². The highest BCUT2D eigenvalue weighted by Crippen LogP contribution is 2.32. The maximum atomic E-state index is 14.3. The van der Waals surface area contributed by atoms with Crippen molar-refractivity contribution in [2.24, 2.45) is 0 Å². The lowest BCUT2D eigenvalue weighted by atomic mass is 10.0. The number of halogens is 4. The van der Waals surface area contributed by atoms with E-state index in [4.69, 9.17) is 0 Å². The number of aromatic nitrogens is 2. The van der Waals surface area contributed by atoms with Crippen molar-refractivity contribution in [2.45, 2.75) is 19.5 Å². The molecular formula is C33H31F4N7O2. The highest BCUT2D eigenvalue weighted by atomic mass is 19.4. The summed E-state index contributed by atoms with van der Waals surface area (Å²) in [5.41, 5.74) is 2.42. The number of rotatable bonds is 6. The van der Waals surface area contributed by atoms with E-state index in [9.17, 15) is 27.2 Å². The standard InChI is InChI=1S/C33H31F4N7O2/c1-20-3-5-23(39-30(45)25-17-21(33(35,36)37)4-10-27(25)34)18-29(20)44-12-11-28-26(31(44)46)19-38-32(41-28)40-22-6-8-24(9-7-22)43-15-13-42(2)14-16-43/h3-10,17-19H,11-16H2,1-2H3,(H,39,45)(H,38,40,41). The quantitative estimate of drug-likeness (QED) is 0.256. The average Bonchev–Trinajstić information content (AvgIpc) is 3.03. The van der Waals surface area contributed by atoms with Crippen LogP contribution in [0.2, 0.25) is 0 Å². The van der Waals surface area contributed by atoms with Crippen LogP contribution in [0.1, 0.15) is 37.5 Å². The minimum atomic E-state index is -4.73. The van der Waals surface area contributed by atoms with E-state index in [1.165, 1.54) is 23.2 Å². The molecule has 0 saturated carbocycles. The number of anilines is 5. The Balaban J connectivity index is 1.15. The Kier molecular flexibility index (Phi) is 8.34. The summed E-state index contributed by atoms with van der Waals surface area (Å²) in [6, 6.07) is 14.4. The number of amides is 2. The summed E-state index contributed by atoms with van der Waals surface area (Å²) in [7, 11) is 2.12. The van der Waals surface area contributed by atoms with Gasteiger partial charge in [-0.05, 0) is 74.1 Å². The fourth-order valence-electron chi connectivity index (χ4n) is 5.54. The van der Waals surface area contributed by atoms with Gasteiger partial charge in [0, 0.05) is 68.1 Å². The van der Waals surface area contributed by atoms with Crippen molar-refractivity contribution in [2.75, 3.05) is 60.2 Å². The largest absolute Gasteiger partial charge is 0.416 e. The molecule has 238 valence electrons. The Morgan fingerprint density at radius 1 is 0.913 bits per heavy atom. The van der Waals surface area contributed by atoms with Crippen LogP contribution in [0.15, 0.2) is 66.9 Å². The monoisotopic (exact) mass is 633 g/mol. The van der Waals surface area contributed by atoms with Gasteiger partial charge < -0.3 is 25.3 Å². The number of likely N-dealkylation sites (N-methyl/N-ethyl adjacent to an activating group) is 1. The summed E-state index contributed by atoms with van der Waals surface area (Å²) in [5, 5.41) is 5.66. The number of carbonyl (C=O) groups excluding carboxylic acids is 2. The van der Waals surface area contributed by atoms with Gasteiger partial charge in [-0.2, -0.15) is 13.2 Å². The van der Waals surface area contributed by atoms with Gasteiger partial charge in [0.15, 0.2) is 0 Å². The molecule has 3 heterocycles. The summed E-state index contributed by atoms with van der Waals surface area (Å²) in [4.78, 5) is 41.5. The summed E-state index contributed by atoms with van der Waals surface area (Å²) < 4.78 is 53.7. The van der Waals surface area contributed by atoms with Gasteiger partial charge in [-0.15, -0.1) is 0 Å². The molecule has 2 aliphatic heterocycles.